The van der Waals surface area contributed by atoms with Crippen molar-refractivity contribution in [2.45, 2.75) is 63.9 Å². The largest absolute Gasteiger partial charge is 0.310 e. The number of alkyl halides is 1. The van der Waals surface area contributed by atoms with Crippen molar-refractivity contribution >= 4 is 11.6 Å². The Kier molecular flexibility index (Phi) is 5.71. The third kappa shape index (κ3) is 4.50. The van der Waals surface area contributed by atoms with E-state index >= 15 is 0 Å². The van der Waals surface area contributed by atoms with E-state index in [1.54, 1.807) is 0 Å². The van der Waals surface area contributed by atoms with Gasteiger partial charge in [0.25, 0.3) is 0 Å². The first-order valence-electron chi connectivity index (χ1n) is 7.55. The van der Waals surface area contributed by atoms with Crippen molar-refractivity contribution in [2.24, 2.45) is 5.92 Å². The normalized spacial score (nSPS) is 18.9. The molecule has 1 fully saturated rings. The number of rotatable bonds is 6. The predicted octanol–water partition coefficient (Wildman–Crippen LogP) is 3.74. The van der Waals surface area contributed by atoms with E-state index in [-0.39, 0.29) is 5.38 Å². The molecule has 3 nitrogen and oxygen atoms in total. The van der Waals surface area contributed by atoms with Crippen LogP contribution in [0.3, 0.4) is 0 Å². The van der Waals surface area contributed by atoms with E-state index in [2.05, 4.69) is 41.2 Å². The molecule has 0 spiro atoms. The summed E-state index contributed by atoms with van der Waals surface area (Å²) in [6.07, 6.45) is 8.78. The fraction of sp³-hybridized carbons (Fsp3) is 0.800. The van der Waals surface area contributed by atoms with Gasteiger partial charge in [-0.15, -0.1) is 11.6 Å². The Morgan fingerprint density at radius 1 is 1.37 bits per heavy atom. The Labute approximate surface area is 121 Å². The Balaban J connectivity index is 1.77. The summed E-state index contributed by atoms with van der Waals surface area (Å²) < 4.78 is 2.16. The molecule has 0 aromatic carbocycles. The van der Waals surface area contributed by atoms with Crippen LogP contribution in [-0.4, -0.2) is 21.7 Å². The lowest BCUT2D eigenvalue weighted by atomic mass is 9.96. The maximum Gasteiger partial charge on any atom is 0.0762 e. The second kappa shape index (κ2) is 7.30. The van der Waals surface area contributed by atoms with Gasteiger partial charge in [0, 0.05) is 24.7 Å². The topological polar surface area (TPSA) is 29.9 Å². The summed E-state index contributed by atoms with van der Waals surface area (Å²) in [5.74, 6) is 0.508. The number of nitrogens with one attached hydrogen (secondary N) is 1. The Morgan fingerprint density at radius 3 is 2.79 bits per heavy atom. The molecule has 0 amide bonds. The summed E-state index contributed by atoms with van der Waals surface area (Å²) in [4.78, 5) is 0. The van der Waals surface area contributed by atoms with E-state index in [4.69, 9.17) is 11.6 Å². The molecule has 1 aromatic heterocycles. The molecule has 19 heavy (non-hydrogen) atoms. The molecule has 2 rings (SSSR count). The monoisotopic (exact) mass is 283 g/mol. The van der Waals surface area contributed by atoms with Gasteiger partial charge in [0.1, 0.15) is 0 Å². The molecule has 1 aromatic rings. The van der Waals surface area contributed by atoms with Crippen LogP contribution in [0.2, 0.25) is 0 Å². The fourth-order valence-corrected chi connectivity index (χ4v) is 2.70. The van der Waals surface area contributed by atoms with Gasteiger partial charge in [-0.25, -0.2) is 0 Å². The highest BCUT2D eigenvalue weighted by molar-refractivity contribution is 6.20. The zero-order valence-corrected chi connectivity index (χ0v) is 12.9. The highest BCUT2D eigenvalue weighted by Gasteiger charge is 2.16. The van der Waals surface area contributed by atoms with Gasteiger partial charge in [-0.1, -0.05) is 33.1 Å². The van der Waals surface area contributed by atoms with Gasteiger partial charge in [0.2, 0.25) is 0 Å². The van der Waals surface area contributed by atoms with E-state index in [0.717, 1.165) is 18.8 Å². The number of aromatic nitrogens is 2. The van der Waals surface area contributed by atoms with Gasteiger partial charge in [0.15, 0.2) is 0 Å². The van der Waals surface area contributed by atoms with Gasteiger partial charge in [-0.05, 0) is 24.8 Å². The van der Waals surface area contributed by atoms with E-state index in [9.17, 15) is 0 Å². The third-order valence-electron chi connectivity index (χ3n) is 3.98. The van der Waals surface area contributed by atoms with Crippen LogP contribution in [0.15, 0.2) is 12.3 Å². The first-order valence-corrected chi connectivity index (χ1v) is 7.99. The summed E-state index contributed by atoms with van der Waals surface area (Å²) in [5, 5.41) is 8.27. The molecule has 1 heterocycles. The molecule has 1 unspecified atom stereocenters. The van der Waals surface area contributed by atoms with Gasteiger partial charge in [-0.2, -0.15) is 5.10 Å². The van der Waals surface area contributed by atoms with Gasteiger partial charge in [0.05, 0.1) is 11.7 Å². The fourth-order valence-electron chi connectivity index (χ4n) is 2.59. The molecule has 108 valence electrons. The van der Waals surface area contributed by atoms with E-state index in [1.165, 1.54) is 32.1 Å². The van der Waals surface area contributed by atoms with Crippen LogP contribution < -0.4 is 5.32 Å². The van der Waals surface area contributed by atoms with E-state index in [1.807, 2.05) is 0 Å². The molecule has 1 aliphatic carbocycles. The zero-order valence-electron chi connectivity index (χ0n) is 12.1. The third-order valence-corrected chi connectivity index (χ3v) is 4.64. The number of hydrogen-bond donors (Lipinski definition) is 1. The first kappa shape index (κ1) is 14.9. The molecule has 4 heteroatoms. The van der Waals surface area contributed by atoms with Crippen LogP contribution in [0.25, 0.3) is 0 Å². The van der Waals surface area contributed by atoms with Crippen LogP contribution in [-0.2, 0) is 6.54 Å². The minimum Gasteiger partial charge on any atom is -0.310 e. The summed E-state index contributed by atoms with van der Waals surface area (Å²) in [7, 11) is 0. The van der Waals surface area contributed by atoms with Gasteiger partial charge in [-0.3, -0.25) is 4.68 Å². The number of hydrogen-bond acceptors (Lipinski definition) is 2. The standard InChI is InChI=1S/C15H26ClN3/c1-12(2)15(16)11-17-10-13-8-9-19(18-13)14-6-4-3-5-7-14/h8-9,12,14-15,17H,3-7,10-11H2,1-2H3. The van der Waals surface area contributed by atoms with Gasteiger partial charge < -0.3 is 5.32 Å². The second-order valence-corrected chi connectivity index (χ2v) is 6.53. The molecule has 0 aliphatic heterocycles. The lowest BCUT2D eigenvalue weighted by Gasteiger charge is -2.21. The van der Waals surface area contributed by atoms with Crippen LogP contribution >= 0.6 is 11.6 Å². The molecule has 1 atom stereocenters. The maximum atomic E-state index is 6.22. The summed E-state index contributed by atoms with van der Waals surface area (Å²) in [6.45, 7) is 5.96. The van der Waals surface area contributed by atoms with Crippen molar-refractivity contribution in [2.75, 3.05) is 6.54 Å². The molecule has 0 bridgehead atoms. The Morgan fingerprint density at radius 2 is 2.11 bits per heavy atom. The average Bonchev–Trinajstić information content (AvgIpc) is 2.88. The number of nitrogens with zero attached hydrogens (tertiary/aromatic N) is 2. The van der Waals surface area contributed by atoms with Crippen molar-refractivity contribution in [3.05, 3.63) is 18.0 Å². The van der Waals surface area contributed by atoms with Crippen LogP contribution in [0.1, 0.15) is 57.7 Å². The minimum absolute atomic E-state index is 0.195. The smallest absolute Gasteiger partial charge is 0.0762 e. The lowest BCUT2D eigenvalue weighted by Crippen LogP contribution is -2.26. The summed E-state index contributed by atoms with van der Waals surface area (Å²) in [5.41, 5.74) is 1.12. The molecule has 1 saturated carbocycles. The Bertz CT molecular complexity index is 369. The second-order valence-electron chi connectivity index (χ2n) is 5.97. The van der Waals surface area contributed by atoms with Crippen molar-refractivity contribution in [3.8, 4) is 0 Å². The van der Waals surface area contributed by atoms with E-state index in [0.29, 0.717) is 12.0 Å². The van der Waals surface area contributed by atoms with E-state index < -0.39 is 0 Å². The van der Waals surface area contributed by atoms with Crippen LogP contribution in [0, 0.1) is 5.92 Å². The zero-order chi connectivity index (χ0) is 13.7. The summed E-state index contributed by atoms with van der Waals surface area (Å²) >= 11 is 6.22. The first-order chi connectivity index (χ1) is 9.16. The summed E-state index contributed by atoms with van der Waals surface area (Å²) in [6, 6.07) is 2.75. The lowest BCUT2D eigenvalue weighted by molar-refractivity contribution is 0.327. The van der Waals surface area contributed by atoms with Crippen LogP contribution in [0.4, 0.5) is 0 Å². The minimum atomic E-state index is 0.195. The average molecular weight is 284 g/mol. The molecular weight excluding hydrogens is 258 g/mol. The molecule has 1 aliphatic rings. The van der Waals surface area contributed by atoms with Crippen LogP contribution in [0.5, 0.6) is 0 Å². The quantitative estimate of drug-likeness (QED) is 0.806. The Hall–Kier alpha value is -0.540. The molecular formula is C15H26ClN3. The van der Waals surface area contributed by atoms with Crippen molar-refractivity contribution < 1.29 is 0 Å². The molecule has 0 saturated heterocycles. The predicted molar refractivity (Wildman–Crippen MR) is 80.5 cm³/mol. The van der Waals surface area contributed by atoms with Gasteiger partial charge >= 0.3 is 0 Å². The van der Waals surface area contributed by atoms with Crippen molar-refractivity contribution in [1.29, 1.82) is 0 Å². The number of halogens is 1. The molecule has 0 radical (unpaired) electrons. The SMILES string of the molecule is CC(C)C(Cl)CNCc1ccn(C2CCCCC2)n1. The van der Waals surface area contributed by atoms with Crippen molar-refractivity contribution in [3.63, 3.8) is 0 Å². The maximum absolute atomic E-state index is 6.22. The highest BCUT2D eigenvalue weighted by atomic mass is 35.5. The highest BCUT2D eigenvalue weighted by Crippen LogP contribution is 2.27. The molecule has 1 N–H and O–H groups in total. The van der Waals surface area contributed by atoms with Crippen molar-refractivity contribution in [1.82, 2.24) is 15.1 Å².